The molecule has 20 heavy (non-hydrogen) atoms. The summed E-state index contributed by atoms with van der Waals surface area (Å²) in [6, 6.07) is 0.221. The van der Waals surface area contributed by atoms with Gasteiger partial charge in [-0.2, -0.15) is 0 Å². The maximum Gasteiger partial charge on any atom is 0.237 e. The lowest BCUT2D eigenvalue weighted by molar-refractivity contribution is 0.0958. The fourth-order valence-electron chi connectivity index (χ4n) is 3.49. The third-order valence-electron chi connectivity index (χ3n) is 4.60. The highest BCUT2D eigenvalue weighted by molar-refractivity contribution is 5.23. The molecule has 2 atom stereocenters. The van der Waals surface area contributed by atoms with Crippen LogP contribution >= 0.6 is 0 Å². The van der Waals surface area contributed by atoms with E-state index in [1.165, 1.54) is 25.7 Å². The minimum Gasteiger partial charge on any atom is -0.480 e. The van der Waals surface area contributed by atoms with Gasteiger partial charge in [-0.25, -0.2) is 4.98 Å². The van der Waals surface area contributed by atoms with Crippen molar-refractivity contribution in [2.75, 3.05) is 13.7 Å². The molecule has 112 valence electrons. The molecule has 1 N–H and O–H groups in total. The summed E-state index contributed by atoms with van der Waals surface area (Å²) in [5.74, 6) is 1.22. The van der Waals surface area contributed by atoms with Crippen LogP contribution in [0.2, 0.25) is 0 Å². The van der Waals surface area contributed by atoms with Gasteiger partial charge in [0.15, 0.2) is 0 Å². The molecule has 1 aliphatic carbocycles. The van der Waals surface area contributed by atoms with Crippen LogP contribution in [-0.2, 0) is 0 Å². The van der Waals surface area contributed by atoms with Crippen molar-refractivity contribution in [2.24, 2.45) is 11.3 Å². The van der Waals surface area contributed by atoms with Gasteiger partial charge in [0.2, 0.25) is 5.88 Å². The summed E-state index contributed by atoms with van der Waals surface area (Å²) >= 11 is 0. The molecule has 0 amide bonds. The molecule has 4 nitrogen and oxygen atoms in total. The van der Waals surface area contributed by atoms with E-state index >= 15 is 0 Å². The minimum atomic E-state index is 0.221. The van der Waals surface area contributed by atoms with E-state index in [0.29, 0.717) is 17.2 Å². The first kappa shape index (κ1) is 15.2. The summed E-state index contributed by atoms with van der Waals surface area (Å²) < 4.78 is 5.42. The van der Waals surface area contributed by atoms with Crippen LogP contribution in [-0.4, -0.2) is 23.6 Å². The molecule has 1 heterocycles. The topological polar surface area (TPSA) is 47.0 Å². The molecule has 0 bridgehead atoms. The molecule has 2 rings (SSSR count). The predicted octanol–water partition coefficient (Wildman–Crippen LogP) is 3.35. The Bertz CT molecular complexity index is 433. The van der Waals surface area contributed by atoms with Gasteiger partial charge in [-0.3, -0.25) is 4.98 Å². The van der Waals surface area contributed by atoms with E-state index in [1.807, 2.05) is 0 Å². The molecule has 0 aliphatic heterocycles. The third-order valence-corrected chi connectivity index (χ3v) is 4.60. The number of hydrogen-bond acceptors (Lipinski definition) is 4. The number of aromatic nitrogens is 2. The lowest BCUT2D eigenvalue weighted by atomic mass is 9.65. The highest BCUT2D eigenvalue weighted by atomic mass is 16.5. The Hall–Kier alpha value is -1.16. The van der Waals surface area contributed by atoms with E-state index in [4.69, 9.17) is 4.74 Å². The molecular weight excluding hydrogens is 250 g/mol. The van der Waals surface area contributed by atoms with Crippen LogP contribution in [0.15, 0.2) is 12.4 Å². The molecule has 1 aliphatic rings. The lowest BCUT2D eigenvalue weighted by Crippen LogP contribution is -2.39. The molecule has 0 aromatic carbocycles. The van der Waals surface area contributed by atoms with Gasteiger partial charge in [-0.05, 0) is 30.7 Å². The molecule has 1 aromatic rings. The van der Waals surface area contributed by atoms with Gasteiger partial charge in [0.05, 0.1) is 13.2 Å². The highest BCUT2D eigenvalue weighted by Crippen LogP contribution is 2.47. The maximum absolute atomic E-state index is 5.42. The van der Waals surface area contributed by atoms with E-state index in [-0.39, 0.29) is 6.04 Å². The average Bonchev–Trinajstić information content (AvgIpc) is 2.45. The van der Waals surface area contributed by atoms with Crippen molar-refractivity contribution in [3.05, 3.63) is 18.1 Å². The first-order valence-electron chi connectivity index (χ1n) is 7.68. The summed E-state index contributed by atoms with van der Waals surface area (Å²) in [5, 5.41) is 3.62. The second-order valence-electron chi connectivity index (χ2n) is 6.33. The Morgan fingerprint density at radius 2 is 2.10 bits per heavy atom. The Morgan fingerprint density at radius 1 is 1.35 bits per heavy atom. The van der Waals surface area contributed by atoms with Crippen molar-refractivity contribution < 1.29 is 4.74 Å². The zero-order chi connectivity index (χ0) is 14.6. The molecular formula is C16H27N3O. The molecule has 0 saturated heterocycles. The van der Waals surface area contributed by atoms with Crippen LogP contribution in [0.25, 0.3) is 0 Å². The Labute approximate surface area is 122 Å². The van der Waals surface area contributed by atoms with Crippen LogP contribution in [0.5, 0.6) is 5.88 Å². The van der Waals surface area contributed by atoms with Gasteiger partial charge >= 0.3 is 0 Å². The van der Waals surface area contributed by atoms with Gasteiger partial charge in [0.1, 0.15) is 5.69 Å². The molecule has 1 fully saturated rings. The Morgan fingerprint density at radius 3 is 2.75 bits per heavy atom. The minimum absolute atomic E-state index is 0.221. The molecule has 4 heteroatoms. The van der Waals surface area contributed by atoms with Gasteiger partial charge in [0.25, 0.3) is 0 Å². The number of methoxy groups -OCH3 is 1. The number of hydrogen-bond donors (Lipinski definition) is 1. The highest BCUT2D eigenvalue weighted by Gasteiger charge is 2.39. The van der Waals surface area contributed by atoms with Gasteiger partial charge in [-0.15, -0.1) is 0 Å². The molecule has 1 aromatic heterocycles. The van der Waals surface area contributed by atoms with Crippen molar-refractivity contribution in [3.63, 3.8) is 0 Å². The predicted molar refractivity (Wildman–Crippen MR) is 80.7 cm³/mol. The lowest BCUT2D eigenvalue weighted by Gasteiger charge is -2.43. The summed E-state index contributed by atoms with van der Waals surface area (Å²) in [5.41, 5.74) is 1.28. The van der Waals surface area contributed by atoms with Crippen LogP contribution in [0.3, 0.4) is 0 Å². The summed E-state index contributed by atoms with van der Waals surface area (Å²) in [7, 11) is 1.67. The van der Waals surface area contributed by atoms with E-state index in [2.05, 4.69) is 36.1 Å². The van der Waals surface area contributed by atoms with Crippen molar-refractivity contribution in [1.82, 2.24) is 15.3 Å². The fourth-order valence-corrected chi connectivity index (χ4v) is 3.49. The summed E-state index contributed by atoms with van der Waals surface area (Å²) in [6.07, 6.45) is 8.61. The van der Waals surface area contributed by atoms with Crippen molar-refractivity contribution in [2.45, 2.75) is 52.5 Å². The number of ether oxygens (including phenoxy) is 1. The van der Waals surface area contributed by atoms with E-state index < -0.39 is 0 Å². The number of nitrogens with one attached hydrogen (secondary N) is 1. The first-order chi connectivity index (χ1) is 9.60. The Balaban J connectivity index is 2.34. The molecule has 1 saturated carbocycles. The quantitative estimate of drug-likeness (QED) is 0.896. The maximum atomic E-state index is 5.42. The zero-order valence-electron chi connectivity index (χ0n) is 13.1. The summed E-state index contributed by atoms with van der Waals surface area (Å²) in [4.78, 5) is 8.88. The third kappa shape index (κ3) is 3.11. The van der Waals surface area contributed by atoms with Crippen molar-refractivity contribution >= 4 is 0 Å². The van der Waals surface area contributed by atoms with Gasteiger partial charge in [0, 0.05) is 12.4 Å². The van der Waals surface area contributed by atoms with Crippen molar-refractivity contribution in [3.8, 4) is 5.88 Å². The zero-order valence-corrected chi connectivity index (χ0v) is 13.1. The first-order valence-corrected chi connectivity index (χ1v) is 7.68. The summed E-state index contributed by atoms with van der Waals surface area (Å²) in [6.45, 7) is 7.83. The van der Waals surface area contributed by atoms with Crippen LogP contribution in [0, 0.1) is 11.3 Å². The molecule has 0 radical (unpaired) electrons. The van der Waals surface area contributed by atoms with Crippen LogP contribution in [0.1, 0.15) is 58.2 Å². The number of rotatable bonds is 5. The van der Waals surface area contributed by atoms with Crippen LogP contribution in [0.4, 0.5) is 0 Å². The van der Waals surface area contributed by atoms with Gasteiger partial charge in [-0.1, -0.05) is 33.6 Å². The SMILES string of the molecule is CCNC(c1nccnc1OC)C1CCCCC1(C)C. The monoisotopic (exact) mass is 277 g/mol. The number of nitrogens with zero attached hydrogens (tertiary/aromatic N) is 2. The molecule has 0 spiro atoms. The van der Waals surface area contributed by atoms with Crippen LogP contribution < -0.4 is 10.1 Å². The van der Waals surface area contributed by atoms with E-state index in [9.17, 15) is 0 Å². The average molecular weight is 277 g/mol. The van der Waals surface area contributed by atoms with E-state index in [1.54, 1.807) is 19.5 Å². The molecule has 2 unspecified atom stereocenters. The normalized spacial score (nSPS) is 23.3. The fraction of sp³-hybridized carbons (Fsp3) is 0.750. The largest absolute Gasteiger partial charge is 0.480 e. The van der Waals surface area contributed by atoms with Gasteiger partial charge < -0.3 is 10.1 Å². The van der Waals surface area contributed by atoms with E-state index in [0.717, 1.165) is 12.2 Å². The Kier molecular flexibility index (Phi) is 4.97. The van der Waals surface area contributed by atoms with Crippen molar-refractivity contribution in [1.29, 1.82) is 0 Å². The standard InChI is InChI=1S/C16H27N3O/c1-5-17-13(12-8-6-7-9-16(12,2)3)14-15(20-4)19-11-10-18-14/h10-13,17H,5-9H2,1-4H3. The second-order valence-corrected chi connectivity index (χ2v) is 6.33. The smallest absolute Gasteiger partial charge is 0.237 e. The second kappa shape index (κ2) is 6.53.